The molecule has 0 amide bonds. The van der Waals surface area contributed by atoms with E-state index in [0.717, 1.165) is 5.56 Å². The number of sulfone groups is 1. The Morgan fingerprint density at radius 3 is 2.65 bits per heavy atom. The molecule has 0 saturated heterocycles. The summed E-state index contributed by atoms with van der Waals surface area (Å²) >= 11 is 0. The van der Waals surface area contributed by atoms with Crippen molar-refractivity contribution in [2.45, 2.75) is 31.4 Å². The van der Waals surface area contributed by atoms with E-state index < -0.39 is 15.9 Å². The third-order valence-corrected chi connectivity index (χ3v) is 4.99. The van der Waals surface area contributed by atoms with E-state index in [1.807, 2.05) is 13.0 Å². The summed E-state index contributed by atoms with van der Waals surface area (Å²) in [5.41, 5.74) is 1.60. The zero-order valence-corrected chi connectivity index (χ0v) is 16.0. The van der Waals surface area contributed by atoms with E-state index >= 15 is 0 Å². The second-order valence-corrected chi connectivity index (χ2v) is 7.96. The van der Waals surface area contributed by atoms with Gasteiger partial charge in [0.1, 0.15) is 11.9 Å². The molecule has 0 aliphatic rings. The highest BCUT2D eigenvalue weighted by Gasteiger charge is 2.12. The fraction of sp³-hybridized carbons (Fsp3) is 0.389. The minimum atomic E-state index is -3.23. The van der Waals surface area contributed by atoms with E-state index in [1.165, 1.54) is 12.5 Å². The van der Waals surface area contributed by atoms with Gasteiger partial charge in [0.05, 0.1) is 24.2 Å². The quantitative estimate of drug-likeness (QED) is 0.500. The number of nitrogens with zero attached hydrogens (tertiary/aromatic N) is 1. The maximum Gasteiger partial charge on any atom is 0.191 e. The number of guanidine groups is 1. The second-order valence-electron chi connectivity index (χ2n) is 5.98. The molecule has 1 aromatic carbocycles. The Balaban J connectivity index is 2.03. The van der Waals surface area contributed by atoms with Crippen LogP contribution in [0.2, 0.25) is 0 Å². The zero-order valence-electron chi connectivity index (χ0n) is 15.2. The summed E-state index contributed by atoms with van der Waals surface area (Å²) in [4.78, 5) is 4.80. The fourth-order valence-corrected chi connectivity index (χ4v) is 3.47. The van der Waals surface area contributed by atoms with E-state index in [9.17, 15) is 13.5 Å². The molecule has 0 bridgehead atoms. The summed E-state index contributed by atoms with van der Waals surface area (Å²) in [7, 11) is -3.23. The molecule has 8 heteroatoms. The van der Waals surface area contributed by atoms with Crippen molar-refractivity contribution in [1.29, 1.82) is 0 Å². The lowest BCUT2D eigenvalue weighted by Gasteiger charge is -2.14. The average Bonchev–Trinajstić information content (AvgIpc) is 3.10. The molecule has 7 nitrogen and oxygen atoms in total. The number of benzene rings is 1. The van der Waals surface area contributed by atoms with Crippen LogP contribution in [-0.4, -0.2) is 38.8 Å². The summed E-state index contributed by atoms with van der Waals surface area (Å²) in [5, 5.41) is 16.2. The minimum Gasteiger partial charge on any atom is -0.467 e. The number of aryl methyl sites for hydroxylation is 1. The highest BCUT2D eigenvalue weighted by atomic mass is 32.2. The van der Waals surface area contributed by atoms with Crippen LogP contribution in [0.15, 0.2) is 50.9 Å². The molecular formula is C18H25N3O4S. The lowest BCUT2D eigenvalue weighted by atomic mass is 10.1. The monoisotopic (exact) mass is 379 g/mol. The fourth-order valence-electron chi connectivity index (χ4n) is 2.51. The second kappa shape index (κ2) is 8.86. The van der Waals surface area contributed by atoms with Gasteiger partial charge in [-0.05, 0) is 43.2 Å². The minimum absolute atomic E-state index is 0.255. The van der Waals surface area contributed by atoms with Crippen LogP contribution in [0.3, 0.4) is 0 Å². The largest absolute Gasteiger partial charge is 0.467 e. The van der Waals surface area contributed by atoms with Crippen LogP contribution in [0, 0.1) is 6.92 Å². The van der Waals surface area contributed by atoms with Crippen LogP contribution in [0.5, 0.6) is 0 Å². The van der Waals surface area contributed by atoms with E-state index in [0.29, 0.717) is 35.3 Å². The molecule has 1 heterocycles. The average molecular weight is 379 g/mol. The predicted octanol–water partition coefficient (Wildman–Crippen LogP) is 1.78. The van der Waals surface area contributed by atoms with Gasteiger partial charge in [0.15, 0.2) is 15.8 Å². The van der Waals surface area contributed by atoms with Gasteiger partial charge in [0.2, 0.25) is 0 Å². The van der Waals surface area contributed by atoms with Crippen molar-refractivity contribution in [1.82, 2.24) is 10.6 Å². The summed E-state index contributed by atoms with van der Waals surface area (Å²) < 4.78 is 28.5. The van der Waals surface area contributed by atoms with Gasteiger partial charge in [-0.25, -0.2) is 13.4 Å². The SMILES string of the molecule is CCNC(=NCc1ccc(S(C)(=O)=O)c(C)c1)NCC(O)c1ccco1. The van der Waals surface area contributed by atoms with Crippen molar-refractivity contribution in [2.24, 2.45) is 4.99 Å². The molecule has 0 fully saturated rings. The van der Waals surface area contributed by atoms with Crippen LogP contribution in [0.25, 0.3) is 0 Å². The molecule has 0 aliphatic carbocycles. The molecule has 2 rings (SSSR count). The van der Waals surface area contributed by atoms with Gasteiger partial charge in [-0.2, -0.15) is 0 Å². The Bertz CT molecular complexity index is 845. The number of hydrogen-bond donors (Lipinski definition) is 3. The van der Waals surface area contributed by atoms with Crippen molar-refractivity contribution in [2.75, 3.05) is 19.3 Å². The highest BCUT2D eigenvalue weighted by molar-refractivity contribution is 7.90. The van der Waals surface area contributed by atoms with E-state index in [-0.39, 0.29) is 6.54 Å². The molecule has 0 spiro atoms. The standard InChI is InChI=1S/C18H25N3O4S/c1-4-19-18(21-12-15(22)16-6-5-9-25-16)20-11-14-7-8-17(13(2)10-14)26(3,23)24/h5-10,15,22H,4,11-12H2,1-3H3,(H2,19,20,21). The first-order chi connectivity index (χ1) is 12.3. The Kier molecular flexibility index (Phi) is 6.82. The summed E-state index contributed by atoms with van der Waals surface area (Å²) in [6.07, 6.45) is 1.94. The smallest absolute Gasteiger partial charge is 0.191 e. The van der Waals surface area contributed by atoms with Crippen LogP contribution in [0.4, 0.5) is 0 Å². The van der Waals surface area contributed by atoms with Crippen molar-refractivity contribution >= 4 is 15.8 Å². The first kappa shape index (κ1) is 20.0. The van der Waals surface area contributed by atoms with Gasteiger partial charge in [-0.3, -0.25) is 0 Å². The van der Waals surface area contributed by atoms with E-state index in [2.05, 4.69) is 15.6 Å². The first-order valence-electron chi connectivity index (χ1n) is 8.34. The van der Waals surface area contributed by atoms with Crippen LogP contribution in [-0.2, 0) is 16.4 Å². The normalized spacial score (nSPS) is 13.5. The maximum atomic E-state index is 11.7. The molecular weight excluding hydrogens is 354 g/mol. The topological polar surface area (TPSA) is 104 Å². The van der Waals surface area contributed by atoms with Crippen molar-refractivity contribution in [3.05, 3.63) is 53.5 Å². The van der Waals surface area contributed by atoms with Gasteiger partial charge in [-0.1, -0.05) is 12.1 Å². The third-order valence-electron chi connectivity index (χ3n) is 3.74. The lowest BCUT2D eigenvalue weighted by Crippen LogP contribution is -2.39. The summed E-state index contributed by atoms with van der Waals surface area (Å²) in [5.74, 6) is 1.04. The molecule has 0 aliphatic heterocycles. The molecule has 142 valence electrons. The molecule has 2 aromatic rings. The van der Waals surface area contributed by atoms with Gasteiger partial charge >= 0.3 is 0 Å². The van der Waals surface area contributed by atoms with Crippen LogP contribution < -0.4 is 10.6 Å². The number of aliphatic hydroxyl groups excluding tert-OH is 1. The molecule has 0 saturated carbocycles. The van der Waals surface area contributed by atoms with Gasteiger partial charge in [0.25, 0.3) is 0 Å². The van der Waals surface area contributed by atoms with Crippen LogP contribution >= 0.6 is 0 Å². The molecule has 1 aromatic heterocycles. The third kappa shape index (κ3) is 5.60. The summed E-state index contributed by atoms with van der Waals surface area (Å²) in [6.45, 7) is 5.04. The Labute approximate surface area is 154 Å². The zero-order chi connectivity index (χ0) is 19.2. The lowest BCUT2D eigenvalue weighted by molar-refractivity contribution is 0.153. The summed E-state index contributed by atoms with van der Waals surface area (Å²) in [6, 6.07) is 8.62. The van der Waals surface area contributed by atoms with Crippen molar-refractivity contribution in [3.63, 3.8) is 0 Å². The Morgan fingerprint density at radius 1 is 1.31 bits per heavy atom. The Morgan fingerprint density at radius 2 is 2.08 bits per heavy atom. The van der Waals surface area contributed by atoms with E-state index in [1.54, 1.807) is 31.2 Å². The molecule has 0 radical (unpaired) electrons. The first-order valence-corrected chi connectivity index (χ1v) is 10.2. The highest BCUT2D eigenvalue weighted by Crippen LogP contribution is 2.17. The Hall–Kier alpha value is -2.32. The van der Waals surface area contributed by atoms with Crippen molar-refractivity contribution in [3.8, 4) is 0 Å². The maximum absolute atomic E-state index is 11.7. The number of aliphatic hydroxyl groups is 1. The van der Waals surface area contributed by atoms with Crippen LogP contribution in [0.1, 0.15) is 29.9 Å². The van der Waals surface area contributed by atoms with Crippen molar-refractivity contribution < 1.29 is 17.9 Å². The van der Waals surface area contributed by atoms with E-state index in [4.69, 9.17) is 4.42 Å². The van der Waals surface area contributed by atoms with Gasteiger partial charge in [-0.15, -0.1) is 0 Å². The number of nitrogens with one attached hydrogen (secondary N) is 2. The number of hydrogen-bond acceptors (Lipinski definition) is 5. The molecule has 26 heavy (non-hydrogen) atoms. The number of furan rings is 1. The molecule has 1 atom stereocenters. The molecule has 1 unspecified atom stereocenters. The molecule has 3 N–H and O–H groups in total. The number of aliphatic imine (C=N–C) groups is 1. The van der Waals surface area contributed by atoms with Gasteiger partial charge < -0.3 is 20.2 Å². The number of rotatable bonds is 7. The van der Waals surface area contributed by atoms with Gasteiger partial charge in [0, 0.05) is 12.8 Å². The predicted molar refractivity (Wildman–Crippen MR) is 101 cm³/mol.